The molecular formula is C13H15NO3. The number of nitrogens with zero attached hydrogens (tertiary/aromatic N) is 1. The predicted molar refractivity (Wildman–Crippen MR) is 63.4 cm³/mol. The first-order valence-electron chi connectivity index (χ1n) is 5.29. The van der Waals surface area contributed by atoms with Crippen LogP contribution in [0.1, 0.15) is 25.3 Å². The van der Waals surface area contributed by atoms with E-state index in [9.17, 15) is 9.59 Å². The van der Waals surface area contributed by atoms with Crippen LogP contribution in [0.4, 0.5) is 0 Å². The van der Waals surface area contributed by atoms with Crippen molar-refractivity contribution in [3.8, 4) is 0 Å². The fourth-order valence-electron chi connectivity index (χ4n) is 1.53. The number of ketones is 1. The van der Waals surface area contributed by atoms with E-state index in [0.29, 0.717) is 0 Å². The maximum atomic E-state index is 11.5. The average Bonchev–Trinajstić information content (AvgIpc) is 2.35. The van der Waals surface area contributed by atoms with Gasteiger partial charge in [-0.1, -0.05) is 19.6 Å². The van der Waals surface area contributed by atoms with Gasteiger partial charge in [-0.25, -0.2) is 4.79 Å². The van der Waals surface area contributed by atoms with E-state index in [1.165, 1.54) is 6.92 Å². The van der Waals surface area contributed by atoms with Gasteiger partial charge in [0.05, 0.1) is 0 Å². The standard InChI is InChI=1S/C13H15NO3/c1-4-12(16)17-13(10(3)15)9(2)11-6-5-7-14-8-11/h4-9,13H,1H2,2-3H3. The van der Waals surface area contributed by atoms with E-state index in [4.69, 9.17) is 4.74 Å². The van der Waals surface area contributed by atoms with Crippen molar-refractivity contribution in [1.82, 2.24) is 4.98 Å². The van der Waals surface area contributed by atoms with Crippen molar-refractivity contribution < 1.29 is 14.3 Å². The zero-order chi connectivity index (χ0) is 12.8. The molecule has 4 heteroatoms. The van der Waals surface area contributed by atoms with E-state index in [1.807, 2.05) is 13.0 Å². The van der Waals surface area contributed by atoms with Crippen molar-refractivity contribution in [2.24, 2.45) is 0 Å². The molecule has 1 aromatic rings. The second-order valence-electron chi connectivity index (χ2n) is 3.75. The van der Waals surface area contributed by atoms with Crippen LogP contribution in [0.5, 0.6) is 0 Å². The number of rotatable bonds is 5. The third-order valence-corrected chi connectivity index (χ3v) is 2.47. The predicted octanol–water partition coefficient (Wildman–Crippen LogP) is 1.87. The molecule has 0 saturated heterocycles. The Hall–Kier alpha value is -1.97. The Morgan fingerprint density at radius 2 is 2.24 bits per heavy atom. The summed E-state index contributed by atoms with van der Waals surface area (Å²) in [5.74, 6) is -1.03. The number of hydrogen-bond acceptors (Lipinski definition) is 4. The van der Waals surface area contributed by atoms with E-state index < -0.39 is 12.1 Å². The lowest BCUT2D eigenvalue weighted by Gasteiger charge is -2.21. The molecule has 2 atom stereocenters. The summed E-state index contributed by atoms with van der Waals surface area (Å²) in [5, 5.41) is 0. The van der Waals surface area contributed by atoms with Gasteiger partial charge >= 0.3 is 5.97 Å². The molecule has 90 valence electrons. The second-order valence-corrected chi connectivity index (χ2v) is 3.75. The highest BCUT2D eigenvalue weighted by Crippen LogP contribution is 2.21. The first-order chi connectivity index (χ1) is 8.06. The molecule has 0 aliphatic heterocycles. The normalized spacial score (nSPS) is 13.5. The summed E-state index contributed by atoms with van der Waals surface area (Å²) in [6, 6.07) is 3.62. The van der Waals surface area contributed by atoms with Gasteiger partial charge in [0, 0.05) is 24.4 Å². The molecule has 1 rings (SSSR count). The Balaban J connectivity index is 2.88. The number of carbonyl (C=O) groups excluding carboxylic acids is 2. The van der Waals surface area contributed by atoms with Gasteiger partial charge in [0.1, 0.15) is 0 Å². The molecule has 0 aliphatic rings. The Kier molecular flexibility index (Phi) is 4.57. The van der Waals surface area contributed by atoms with Gasteiger partial charge in [-0.3, -0.25) is 9.78 Å². The van der Waals surface area contributed by atoms with Crippen LogP contribution < -0.4 is 0 Å². The van der Waals surface area contributed by atoms with Gasteiger partial charge in [0.2, 0.25) is 0 Å². The van der Waals surface area contributed by atoms with Crippen LogP contribution in [-0.2, 0) is 14.3 Å². The molecule has 0 spiro atoms. The molecule has 0 fully saturated rings. The lowest BCUT2D eigenvalue weighted by atomic mass is 9.94. The van der Waals surface area contributed by atoms with Crippen LogP contribution in [0.15, 0.2) is 37.2 Å². The molecule has 1 aromatic heterocycles. The third kappa shape index (κ3) is 3.52. The van der Waals surface area contributed by atoms with E-state index in [1.54, 1.807) is 18.5 Å². The highest BCUT2D eigenvalue weighted by atomic mass is 16.5. The first-order valence-corrected chi connectivity index (χ1v) is 5.29. The minimum atomic E-state index is -0.801. The van der Waals surface area contributed by atoms with Gasteiger partial charge < -0.3 is 4.74 Å². The van der Waals surface area contributed by atoms with Gasteiger partial charge in [-0.05, 0) is 18.6 Å². The summed E-state index contributed by atoms with van der Waals surface area (Å²) >= 11 is 0. The molecule has 2 unspecified atom stereocenters. The summed E-state index contributed by atoms with van der Waals surface area (Å²) in [6.07, 6.45) is 3.55. The fourth-order valence-corrected chi connectivity index (χ4v) is 1.53. The lowest BCUT2D eigenvalue weighted by Crippen LogP contribution is -2.30. The number of pyridine rings is 1. The molecule has 0 N–H and O–H groups in total. The second kappa shape index (κ2) is 5.94. The van der Waals surface area contributed by atoms with Gasteiger partial charge in [0.25, 0.3) is 0 Å². The maximum absolute atomic E-state index is 11.5. The SMILES string of the molecule is C=CC(=O)OC(C(C)=O)C(C)c1cccnc1. The van der Waals surface area contributed by atoms with Gasteiger partial charge in [-0.2, -0.15) is 0 Å². The molecule has 0 aliphatic carbocycles. The van der Waals surface area contributed by atoms with E-state index >= 15 is 0 Å². The molecule has 0 bridgehead atoms. The molecule has 1 heterocycles. The molecule has 0 aromatic carbocycles. The third-order valence-electron chi connectivity index (χ3n) is 2.47. The number of ether oxygens (including phenoxy) is 1. The highest BCUT2D eigenvalue weighted by Gasteiger charge is 2.26. The number of aromatic nitrogens is 1. The monoisotopic (exact) mass is 233 g/mol. The number of carbonyl (C=O) groups is 2. The van der Waals surface area contributed by atoms with E-state index in [0.717, 1.165) is 11.6 Å². The van der Waals surface area contributed by atoms with Crippen molar-refractivity contribution in [2.75, 3.05) is 0 Å². The summed E-state index contributed by atoms with van der Waals surface area (Å²) < 4.78 is 5.04. The molecule has 0 amide bonds. The minimum Gasteiger partial charge on any atom is -0.451 e. The molecule has 0 radical (unpaired) electrons. The molecular weight excluding hydrogens is 218 g/mol. The van der Waals surface area contributed by atoms with Crippen LogP contribution in [0.2, 0.25) is 0 Å². The fraction of sp³-hybridized carbons (Fsp3) is 0.308. The summed E-state index contributed by atoms with van der Waals surface area (Å²) in [4.78, 5) is 26.6. The Morgan fingerprint density at radius 3 is 2.71 bits per heavy atom. The zero-order valence-electron chi connectivity index (χ0n) is 9.92. The number of esters is 1. The first kappa shape index (κ1) is 13.1. The molecule has 0 saturated carbocycles. The lowest BCUT2D eigenvalue weighted by molar-refractivity contribution is -0.150. The van der Waals surface area contributed by atoms with Crippen molar-refractivity contribution in [3.05, 3.63) is 42.7 Å². The van der Waals surface area contributed by atoms with Crippen LogP contribution >= 0.6 is 0 Å². The van der Waals surface area contributed by atoms with Crippen molar-refractivity contribution in [3.63, 3.8) is 0 Å². The Bertz CT molecular complexity index is 414. The van der Waals surface area contributed by atoms with E-state index in [-0.39, 0.29) is 11.7 Å². The summed E-state index contributed by atoms with van der Waals surface area (Å²) in [6.45, 7) is 6.52. The van der Waals surface area contributed by atoms with E-state index in [2.05, 4.69) is 11.6 Å². The highest BCUT2D eigenvalue weighted by molar-refractivity contribution is 5.87. The van der Waals surface area contributed by atoms with Crippen molar-refractivity contribution in [2.45, 2.75) is 25.9 Å². The smallest absolute Gasteiger partial charge is 0.330 e. The Labute approximate surface area is 100 Å². The van der Waals surface area contributed by atoms with Crippen LogP contribution in [0, 0.1) is 0 Å². The number of hydrogen-bond donors (Lipinski definition) is 0. The van der Waals surface area contributed by atoms with Crippen LogP contribution in [0.25, 0.3) is 0 Å². The largest absolute Gasteiger partial charge is 0.451 e. The topological polar surface area (TPSA) is 56.3 Å². The van der Waals surface area contributed by atoms with Gasteiger partial charge in [0.15, 0.2) is 11.9 Å². The summed E-state index contributed by atoms with van der Waals surface area (Å²) in [7, 11) is 0. The Morgan fingerprint density at radius 1 is 1.53 bits per heavy atom. The zero-order valence-corrected chi connectivity index (χ0v) is 9.92. The van der Waals surface area contributed by atoms with Crippen LogP contribution in [-0.4, -0.2) is 22.8 Å². The van der Waals surface area contributed by atoms with Crippen molar-refractivity contribution >= 4 is 11.8 Å². The molecule has 17 heavy (non-hydrogen) atoms. The molecule has 4 nitrogen and oxygen atoms in total. The minimum absolute atomic E-state index is 0.198. The quantitative estimate of drug-likeness (QED) is 0.575. The van der Waals surface area contributed by atoms with Crippen molar-refractivity contribution in [1.29, 1.82) is 0 Å². The maximum Gasteiger partial charge on any atom is 0.330 e. The van der Waals surface area contributed by atoms with Crippen LogP contribution in [0.3, 0.4) is 0 Å². The average molecular weight is 233 g/mol. The summed E-state index contributed by atoms with van der Waals surface area (Å²) in [5.41, 5.74) is 0.851. The van der Waals surface area contributed by atoms with Gasteiger partial charge in [-0.15, -0.1) is 0 Å². The number of Topliss-reactive ketones (excluding diaryl/α,β-unsaturated/α-hetero) is 1.